The number of hydrogen-bond donors (Lipinski definition) is 0. The molecule has 0 N–H and O–H groups in total. The van der Waals surface area contributed by atoms with E-state index >= 15 is 0 Å². The average molecular weight is 242 g/mol. The smallest absolute Gasteiger partial charge is 0.406 e. The summed E-state index contributed by atoms with van der Waals surface area (Å²) in [5.74, 6) is 0.0402. The standard InChI is InChI=1S/C9H14N4O4/c1-6-10-8(13(15)16)9(12(6)3)11(2)5-7(14)17-4/h5H2,1-4H3. The molecule has 0 spiro atoms. The zero-order valence-electron chi connectivity index (χ0n) is 10.1. The minimum Gasteiger partial charge on any atom is -0.468 e. The Hall–Kier alpha value is -2.12. The summed E-state index contributed by atoms with van der Waals surface area (Å²) in [6.07, 6.45) is 0. The molecular weight excluding hydrogens is 228 g/mol. The summed E-state index contributed by atoms with van der Waals surface area (Å²) in [4.78, 5) is 26.7. The molecule has 0 aliphatic carbocycles. The number of carbonyl (C=O) groups is 1. The third-order valence-corrected chi connectivity index (χ3v) is 2.40. The van der Waals surface area contributed by atoms with Crippen LogP contribution < -0.4 is 4.90 Å². The second-order valence-corrected chi connectivity index (χ2v) is 3.55. The maximum Gasteiger partial charge on any atom is 0.406 e. The van der Waals surface area contributed by atoms with Gasteiger partial charge in [-0.25, -0.2) is 0 Å². The van der Waals surface area contributed by atoms with E-state index in [0.717, 1.165) is 0 Å². The van der Waals surface area contributed by atoms with Gasteiger partial charge < -0.3 is 19.8 Å². The van der Waals surface area contributed by atoms with Gasteiger partial charge >= 0.3 is 11.8 Å². The van der Waals surface area contributed by atoms with Crippen molar-refractivity contribution in [2.24, 2.45) is 7.05 Å². The van der Waals surface area contributed by atoms with E-state index in [1.54, 1.807) is 25.6 Å². The first kappa shape index (κ1) is 12.9. The lowest BCUT2D eigenvalue weighted by atomic mass is 10.5. The molecule has 94 valence electrons. The number of ether oxygens (including phenoxy) is 1. The molecule has 0 radical (unpaired) electrons. The van der Waals surface area contributed by atoms with Gasteiger partial charge in [0, 0.05) is 21.0 Å². The zero-order valence-corrected chi connectivity index (χ0v) is 10.1. The fraction of sp³-hybridized carbons (Fsp3) is 0.556. The first-order valence-corrected chi connectivity index (χ1v) is 4.84. The van der Waals surface area contributed by atoms with Crippen molar-refractivity contribution in [3.8, 4) is 0 Å². The molecule has 0 amide bonds. The molecule has 0 bridgehead atoms. The molecule has 1 aromatic heterocycles. The Kier molecular flexibility index (Phi) is 3.66. The van der Waals surface area contributed by atoms with Gasteiger partial charge in [0.1, 0.15) is 6.54 Å². The molecule has 1 heterocycles. The number of hydrogen-bond acceptors (Lipinski definition) is 6. The van der Waals surface area contributed by atoms with Crippen LogP contribution in [0.1, 0.15) is 5.82 Å². The SMILES string of the molecule is COC(=O)CN(C)c1c([N+](=O)[O-])nc(C)n1C. The van der Waals surface area contributed by atoms with Crippen LogP contribution in [-0.4, -0.2) is 41.1 Å². The first-order chi connectivity index (χ1) is 7.88. The fourth-order valence-electron chi connectivity index (χ4n) is 1.46. The highest BCUT2D eigenvalue weighted by atomic mass is 16.6. The molecule has 0 saturated carbocycles. The quantitative estimate of drug-likeness (QED) is 0.427. The van der Waals surface area contributed by atoms with E-state index in [1.165, 1.54) is 12.0 Å². The Morgan fingerprint density at radius 1 is 1.65 bits per heavy atom. The number of aromatic nitrogens is 2. The lowest BCUT2D eigenvalue weighted by Gasteiger charge is -2.16. The number of aryl methyl sites for hydroxylation is 1. The van der Waals surface area contributed by atoms with Crippen molar-refractivity contribution in [2.75, 3.05) is 25.6 Å². The molecule has 0 saturated heterocycles. The van der Waals surface area contributed by atoms with Crippen LogP contribution in [0.2, 0.25) is 0 Å². The molecule has 17 heavy (non-hydrogen) atoms. The van der Waals surface area contributed by atoms with Crippen LogP contribution in [0.5, 0.6) is 0 Å². The van der Waals surface area contributed by atoms with Crippen molar-refractivity contribution < 1.29 is 14.5 Å². The Balaban J connectivity index is 3.11. The number of methoxy groups -OCH3 is 1. The third kappa shape index (κ3) is 2.52. The van der Waals surface area contributed by atoms with E-state index in [2.05, 4.69) is 9.72 Å². The highest BCUT2D eigenvalue weighted by Crippen LogP contribution is 2.26. The monoisotopic (exact) mass is 242 g/mol. The van der Waals surface area contributed by atoms with Crippen molar-refractivity contribution in [1.29, 1.82) is 0 Å². The number of likely N-dealkylation sites (N-methyl/N-ethyl adjacent to an activating group) is 1. The molecule has 0 unspecified atom stereocenters. The Morgan fingerprint density at radius 3 is 2.71 bits per heavy atom. The van der Waals surface area contributed by atoms with E-state index < -0.39 is 10.9 Å². The summed E-state index contributed by atoms with van der Waals surface area (Å²) in [7, 11) is 4.48. The summed E-state index contributed by atoms with van der Waals surface area (Å²) in [5, 5.41) is 10.8. The minimum atomic E-state index is -0.573. The largest absolute Gasteiger partial charge is 0.468 e. The molecule has 8 nitrogen and oxygen atoms in total. The number of esters is 1. The maximum atomic E-state index is 11.1. The Bertz CT molecular complexity index is 454. The van der Waals surface area contributed by atoms with Crippen molar-refractivity contribution >= 4 is 17.6 Å². The van der Waals surface area contributed by atoms with Gasteiger partial charge in [0.25, 0.3) is 0 Å². The van der Waals surface area contributed by atoms with Gasteiger partial charge in [-0.05, 0) is 9.91 Å². The van der Waals surface area contributed by atoms with Crippen LogP contribution in [0.4, 0.5) is 11.6 Å². The number of nitrogens with zero attached hydrogens (tertiary/aromatic N) is 4. The predicted molar refractivity (Wildman–Crippen MR) is 59.9 cm³/mol. The van der Waals surface area contributed by atoms with Crippen LogP contribution in [0.15, 0.2) is 0 Å². The van der Waals surface area contributed by atoms with Gasteiger partial charge in [0.15, 0.2) is 0 Å². The fourth-order valence-corrected chi connectivity index (χ4v) is 1.46. The second-order valence-electron chi connectivity index (χ2n) is 3.55. The van der Waals surface area contributed by atoms with Crippen LogP contribution >= 0.6 is 0 Å². The molecule has 0 fully saturated rings. The number of anilines is 1. The van der Waals surface area contributed by atoms with Gasteiger partial charge in [-0.15, -0.1) is 0 Å². The highest BCUT2D eigenvalue weighted by molar-refractivity contribution is 5.76. The lowest BCUT2D eigenvalue weighted by Crippen LogP contribution is -2.28. The third-order valence-electron chi connectivity index (χ3n) is 2.40. The number of carbonyl (C=O) groups excluding carboxylic acids is 1. The van der Waals surface area contributed by atoms with Crippen LogP contribution in [0, 0.1) is 17.0 Å². The van der Waals surface area contributed by atoms with Gasteiger partial charge in [-0.3, -0.25) is 9.36 Å². The van der Waals surface area contributed by atoms with Crippen molar-refractivity contribution in [2.45, 2.75) is 6.92 Å². The van der Waals surface area contributed by atoms with E-state index in [0.29, 0.717) is 5.82 Å². The molecule has 8 heteroatoms. The molecular formula is C9H14N4O4. The van der Waals surface area contributed by atoms with Crippen LogP contribution in [0.25, 0.3) is 0 Å². The van der Waals surface area contributed by atoms with E-state index in [1.807, 2.05) is 0 Å². The van der Waals surface area contributed by atoms with E-state index in [-0.39, 0.29) is 18.2 Å². The second kappa shape index (κ2) is 4.81. The predicted octanol–water partition coefficient (Wildman–Crippen LogP) is 0.246. The van der Waals surface area contributed by atoms with Crippen LogP contribution in [0.3, 0.4) is 0 Å². The van der Waals surface area contributed by atoms with E-state index in [4.69, 9.17) is 0 Å². The van der Waals surface area contributed by atoms with Gasteiger partial charge in [-0.1, -0.05) is 0 Å². The molecule has 0 aromatic carbocycles. The Labute approximate surface area is 97.9 Å². The summed E-state index contributed by atoms with van der Waals surface area (Å²) in [6, 6.07) is 0. The molecule has 0 aliphatic rings. The van der Waals surface area contributed by atoms with Gasteiger partial charge in [0.2, 0.25) is 11.6 Å². The summed E-state index contributed by atoms with van der Waals surface area (Å²) >= 11 is 0. The maximum absolute atomic E-state index is 11.1. The summed E-state index contributed by atoms with van der Waals surface area (Å²) < 4.78 is 6.07. The molecule has 1 aromatic rings. The molecule has 0 aliphatic heterocycles. The van der Waals surface area contributed by atoms with Crippen molar-refractivity contribution in [3.05, 3.63) is 15.9 Å². The van der Waals surface area contributed by atoms with Crippen LogP contribution in [-0.2, 0) is 16.6 Å². The van der Waals surface area contributed by atoms with E-state index in [9.17, 15) is 14.9 Å². The summed E-state index contributed by atoms with van der Waals surface area (Å²) in [5.41, 5.74) is 0. The zero-order chi connectivity index (χ0) is 13.2. The first-order valence-electron chi connectivity index (χ1n) is 4.84. The number of nitro groups is 1. The average Bonchev–Trinajstić information content (AvgIpc) is 2.55. The number of imidazole rings is 1. The lowest BCUT2D eigenvalue weighted by molar-refractivity contribution is -0.388. The van der Waals surface area contributed by atoms with Gasteiger partial charge in [-0.2, -0.15) is 0 Å². The van der Waals surface area contributed by atoms with Crippen molar-refractivity contribution in [3.63, 3.8) is 0 Å². The molecule has 0 atom stereocenters. The summed E-state index contributed by atoms with van der Waals surface area (Å²) in [6.45, 7) is 1.58. The van der Waals surface area contributed by atoms with Gasteiger partial charge in [0.05, 0.1) is 7.11 Å². The molecule has 1 rings (SSSR count). The Morgan fingerprint density at radius 2 is 2.24 bits per heavy atom. The highest BCUT2D eigenvalue weighted by Gasteiger charge is 2.27. The topological polar surface area (TPSA) is 90.5 Å². The number of rotatable bonds is 4. The normalized spacial score (nSPS) is 10.1. The van der Waals surface area contributed by atoms with Crippen molar-refractivity contribution in [1.82, 2.24) is 9.55 Å². The minimum absolute atomic E-state index is 0.0731.